The molecule has 14 heteroatoms. The predicted molar refractivity (Wildman–Crippen MR) is 189 cm³/mol. The molecule has 12 nitrogen and oxygen atoms in total. The van der Waals surface area contributed by atoms with Crippen LogP contribution in [0.1, 0.15) is 12.8 Å². The van der Waals surface area contributed by atoms with Gasteiger partial charge in [-0.2, -0.15) is 10.1 Å². The van der Waals surface area contributed by atoms with E-state index in [9.17, 15) is 0 Å². The van der Waals surface area contributed by atoms with Gasteiger partial charge in [0.05, 0.1) is 48.3 Å². The molecule has 0 bridgehead atoms. The van der Waals surface area contributed by atoms with Gasteiger partial charge in [0, 0.05) is 50.2 Å². The van der Waals surface area contributed by atoms with E-state index in [2.05, 4.69) is 62.4 Å². The van der Waals surface area contributed by atoms with Crippen LogP contribution >= 0.6 is 20.1 Å². The molecule has 0 saturated carbocycles. The summed E-state index contributed by atoms with van der Waals surface area (Å²) in [6.07, 6.45) is 23.5. The van der Waals surface area contributed by atoms with Crippen molar-refractivity contribution in [2.75, 3.05) is 92.7 Å². The van der Waals surface area contributed by atoms with Crippen LogP contribution in [-0.2, 0) is 27.7 Å². The van der Waals surface area contributed by atoms with Crippen LogP contribution in [0.2, 0.25) is 0 Å². The molecule has 248 valence electrons. The maximum Gasteiger partial charge on any atom is 0.227 e. The van der Waals surface area contributed by atoms with Crippen molar-refractivity contribution in [2.45, 2.75) is 32.4 Å². The number of anilines is 3. The third-order valence-corrected chi connectivity index (χ3v) is 10.4. The van der Waals surface area contributed by atoms with Gasteiger partial charge in [0.25, 0.3) is 0 Å². The summed E-state index contributed by atoms with van der Waals surface area (Å²) in [5, 5.41) is 7.90. The Bertz CT molecular complexity index is 1540. The van der Waals surface area contributed by atoms with Crippen LogP contribution < -0.4 is 10.2 Å². The average Bonchev–Trinajstić information content (AvgIpc) is 3.61. The largest absolute Gasteiger partial charge is 0.381 e. The van der Waals surface area contributed by atoms with E-state index >= 15 is 0 Å². The van der Waals surface area contributed by atoms with Crippen molar-refractivity contribution in [1.82, 2.24) is 34.3 Å². The number of ether oxygens (including phenoxy) is 3. The van der Waals surface area contributed by atoms with Gasteiger partial charge in [-0.25, -0.2) is 39.7 Å². The molecule has 1 fully saturated rings. The van der Waals surface area contributed by atoms with Crippen LogP contribution in [0.5, 0.6) is 0 Å². The lowest BCUT2D eigenvalue weighted by molar-refractivity contribution is 0.0809. The molecule has 0 radical (unpaired) electrons. The van der Waals surface area contributed by atoms with Crippen LogP contribution in [0.15, 0.2) is 36.9 Å². The molecule has 0 aliphatic carbocycles. The summed E-state index contributed by atoms with van der Waals surface area (Å²) in [5.74, 6) is 4.93. The van der Waals surface area contributed by atoms with Crippen LogP contribution in [-0.4, -0.2) is 123 Å². The summed E-state index contributed by atoms with van der Waals surface area (Å²) in [4.78, 5) is 21.2. The standard InChI is InChI=1S/C31H49N9O3S2/c1-41-25-9-12-38(13-10-25)31-32-11-8-28(37-31)36-29-18-26-27(20-33-29)40(23-43-15-17-45(5,6)7)30(35-26)24-19-34-39(21-24)22-42-14-16-44(2,3)4/h8,11,18-21,25H,9-10,12-17,22-23H2,1-7H3,(H,32,33,36,37). The predicted octanol–water partition coefficient (Wildman–Crippen LogP) is 4.78. The molecule has 0 atom stereocenters. The van der Waals surface area contributed by atoms with E-state index < -0.39 is 20.1 Å². The van der Waals surface area contributed by atoms with Crippen molar-refractivity contribution in [2.24, 2.45) is 0 Å². The van der Waals surface area contributed by atoms with Crippen LogP contribution in [0.3, 0.4) is 0 Å². The lowest BCUT2D eigenvalue weighted by atomic mass is 10.1. The Labute approximate surface area is 269 Å². The number of piperidine rings is 1. The Morgan fingerprint density at radius 1 is 0.889 bits per heavy atom. The number of rotatable bonds is 15. The van der Waals surface area contributed by atoms with E-state index in [1.165, 1.54) is 0 Å². The van der Waals surface area contributed by atoms with Crippen LogP contribution in [0, 0.1) is 0 Å². The summed E-state index contributed by atoms with van der Waals surface area (Å²) in [6.45, 7) is 3.92. The Morgan fingerprint density at radius 3 is 2.29 bits per heavy atom. The second-order valence-electron chi connectivity index (χ2n) is 13.1. The number of hydrogen-bond acceptors (Lipinski definition) is 10. The molecule has 4 aromatic heterocycles. The fraction of sp³-hybridized carbons (Fsp3) is 0.581. The number of imidazole rings is 1. The van der Waals surface area contributed by atoms with E-state index in [4.69, 9.17) is 29.2 Å². The molecule has 4 aromatic rings. The number of pyridine rings is 1. The SMILES string of the molecule is COC1CCN(c2nccc(Nc3cc4nc(-c5cnn(COCCS(C)(C)C)c5)n(COCCS(C)(C)C)c4cn3)n2)CC1. The Morgan fingerprint density at radius 2 is 1.60 bits per heavy atom. The average molecular weight is 660 g/mol. The third-order valence-electron chi connectivity index (χ3n) is 7.61. The summed E-state index contributed by atoms with van der Waals surface area (Å²) in [5.41, 5.74) is 2.59. The maximum absolute atomic E-state index is 6.17. The summed E-state index contributed by atoms with van der Waals surface area (Å²) < 4.78 is 21.5. The quantitative estimate of drug-likeness (QED) is 0.179. The van der Waals surface area contributed by atoms with Gasteiger partial charge in [-0.15, -0.1) is 0 Å². The van der Waals surface area contributed by atoms with Crippen molar-refractivity contribution in [3.8, 4) is 11.4 Å². The van der Waals surface area contributed by atoms with Crippen LogP contribution in [0.4, 0.5) is 17.6 Å². The van der Waals surface area contributed by atoms with Gasteiger partial charge < -0.3 is 24.4 Å². The lowest BCUT2D eigenvalue weighted by Gasteiger charge is -2.31. The van der Waals surface area contributed by atoms with E-state index in [0.29, 0.717) is 43.8 Å². The van der Waals surface area contributed by atoms with Gasteiger partial charge >= 0.3 is 0 Å². The van der Waals surface area contributed by atoms with E-state index in [-0.39, 0.29) is 0 Å². The molecule has 0 spiro atoms. The first kappa shape index (κ1) is 33.5. The highest BCUT2D eigenvalue weighted by molar-refractivity contribution is 8.32. The maximum atomic E-state index is 6.17. The van der Waals surface area contributed by atoms with E-state index in [1.54, 1.807) is 13.3 Å². The summed E-state index contributed by atoms with van der Waals surface area (Å²) >= 11 is 0. The molecule has 1 aliphatic rings. The van der Waals surface area contributed by atoms with Gasteiger partial charge in [0.15, 0.2) is 0 Å². The van der Waals surface area contributed by atoms with Gasteiger partial charge in [-0.05, 0) is 56.4 Å². The van der Waals surface area contributed by atoms with Gasteiger partial charge in [0.1, 0.15) is 30.9 Å². The molecule has 0 aromatic carbocycles. The molecule has 1 aliphatic heterocycles. The molecule has 45 heavy (non-hydrogen) atoms. The van der Waals surface area contributed by atoms with Gasteiger partial charge in [-0.1, -0.05) is 0 Å². The first-order valence-corrected chi connectivity index (χ1v) is 21.3. The fourth-order valence-corrected chi connectivity index (χ4v) is 6.15. The number of nitrogens with zero attached hydrogens (tertiary/aromatic N) is 8. The highest BCUT2D eigenvalue weighted by Gasteiger charge is 2.21. The topological polar surface area (TPSA) is 117 Å². The molecule has 1 N–H and O–H groups in total. The lowest BCUT2D eigenvalue weighted by Crippen LogP contribution is -2.37. The summed E-state index contributed by atoms with van der Waals surface area (Å²) in [6, 6.07) is 3.80. The van der Waals surface area contributed by atoms with Crippen molar-refractivity contribution in [1.29, 1.82) is 0 Å². The molecule has 5 rings (SSSR count). The first-order chi connectivity index (χ1) is 21.5. The van der Waals surface area contributed by atoms with Gasteiger partial charge in [-0.3, -0.25) is 4.57 Å². The molecule has 5 heterocycles. The minimum Gasteiger partial charge on any atom is -0.381 e. The molecular weight excluding hydrogens is 611 g/mol. The minimum atomic E-state index is -0.652. The molecule has 0 amide bonds. The zero-order chi connectivity index (χ0) is 32.0. The zero-order valence-electron chi connectivity index (χ0n) is 27.7. The fourth-order valence-electron chi connectivity index (χ4n) is 4.92. The van der Waals surface area contributed by atoms with Crippen molar-refractivity contribution in [3.63, 3.8) is 0 Å². The first-order valence-electron chi connectivity index (χ1n) is 15.2. The van der Waals surface area contributed by atoms with Crippen LogP contribution in [0.25, 0.3) is 22.4 Å². The number of methoxy groups -OCH3 is 1. The molecular formula is C31H49N9O3S2. The third kappa shape index (κ3) is 9.55. The Balaban J connectivity index is 1.34. The second kappa shape index (κ2) is 14.7. The highest BCUT2D eigenvalue weighted by atomic mass is 32.3. The number of fused-ring (bicyclic) bond motifs is 1. The summed E-state index contributed by atoms with van der Waals surface area (Å²) in [7, 11) is 0.527. The van der Waals surface area contributed by atoms with E-state index in [0.717, 1.165) is 66.5 Å². The normalized spacial score (nSPS) is 15.6. The van der Waals surface area contributed by atoms with Crippen molar-refractivity contribution >= 4 is 48.7 Å². The van der Waals surface area contributed by atoms with Gasteiger partial charge in [0.2, 0.25) is 5.95 Å². The minimum absolute atomic E-state index is 0.301. The van der Waals surface area contributed by atoms with Crippen molar-refractivity contribution < 1.29 is 14.2 Å². The smallest absolute Gasteiger partial charge is 0.227 e. The van der Waals surface area contributed by atoms with E-state index in [1.807, 2.05) is 35.4 Å². The monoisotopic (exact) mass is 659 g/mol. The number of nitrogens with one attached hydrogen (secondary N) is 1. The Kier molecular flexibility index (Phi) is 10.9. The van der Waals surface area contributed by atoms with Crippen molar-refractivity contribution in [3.05, 3.63) is 36.9 Å². The number of hydrogen-bond donors (Lipinski definition) is 1. The second-order valence-corrected chi connectivity index (χ2v) is 22.3. The molecule has 0 unspecified atom stereocenters. The number of aromatic nitrogens is 7. The zero-order valence-corrected chi connectivity index (χ0v) is 29.4. The molecule has 1 saturated heterocycles. The highest BCUT2D eigenvalue weighted by Crippen LogP contribution is 2.34. The Hall–Kier alpha value is -2.91.